The third-order valence-corrected chi connectivity index (χ3v) is 5.75. The van der Waals surface area contributed by atoms with E-state index in [2.05, 4.69) is 9.71 Å². The molecule has 0 radical (unpaired) electrons. The van der Waals surface area contributed by atoms with E-state index in [1.54, 1.807) is 12.1 Å². The fourth-order valence-electron chi connectivity index (χ4n) is 1.97. The van der Waals surface area contributed by atoms with E-state index in [1.807, 2.05) is 35.7 Å². The van der Waals surface area contributed by atoms with Crippen LogP contribution in [0.2, 0.25) is 5.02 Å². The minimum absolute atomic E-state index is 0.147. The van der Waals surface area contributed by atoms with E-state index in [-0.39, 0.29) is 11.4 Å². The number of hydrogen-bond donors (Lipinski definition) is 1. The molecule has 0 aliphatic carbocycles. The van der Waals surface area contributed by atoms with Crippen LogP contribution in [0.5, 0.6) is 0 Å². The van der Waals surface area contributed by atoms with Crippen molar-refractivity contribution in [1.29, 1.82) is 0 Å². The Kier molecular flexibility index (Phi) is 4.77. The summed E-state index contributed by atoms with van der Waals surface area (Å²) in [5.74, 6) is 0. The molecule has 1 N–H and O–H groups in total. The summed E-state index contributed by atoms with van der Waals surface area (Å²) in [6, 6.07) is 15.8. The fourth-order valence-corrected chi connectivity index (χ4v) is 3.92. The van der Waals surface area contributed by atoms with Gasteiger partial charge in [0.15, 0.2) is 0 Å². The van der Waals surface area contributed by atoms with Crippen LogP contribution in [0, 0.1) is 0 Å². The number of thiazole rings is 1. The zero-order valence-corrected chi connectivity index (χ0v) is 14.3. The van der Waals surface area contributed by atoms with Gasteiger partial charge in [0, 0.05) is 16.0 Å². The van der Waals surface area contributed by atoms with Crippen LogP contribution < -0.4 is 4.72 Å². The molecule has 0 amide bonds. The molecule has 0 fully saturated rings. The largest absolute Gasteiger partial charge is 0.240 e. The van der Waals surface area contributed by atoms with Gasteiger partial charge in [0.2, 0.25) is 10.0 Å². The standard InChI is InChI=1S/C16H13ClN2O2S2/c17-13-6-8-15(9-7-13)23(20,21)18-10-14-11-22-16(19-14)12-4-2-1-3-5-12/h1-9,11,18H,10H2. The maximum Gasteiger partial charge on any atom is 0.240 e. The summed E-state index contributed by atoms with van der Waals surface area (Å²) < 4.78 is 27.0. The summed E-state index contributed by atoms with van der Waals surface area (Å²) in [5, 5.41) is 3.22. The van der Waals surface area contributed by atoms with E-state index in [9.17, 15) is 8.42 Å². The van der Waals surface area contributed by atoms with E-state index in [1.165, 1.54) is 23.5 Å². The molecule has 0 aliphatic rings. The first-order valence-electron chi connectivity index (χ1n) is 6.80. The second-order valence-electron chi connectivity index (χ2n) is 4.79. The third kappa shape index (κ3) is 3.97. The van der Waals surface area contributed by atoms with Crippen molar-refractivity contribution in [2.24, 2.45) is 0 Å². The smallest absolute Gasteiger partial charge is 0.240 e. The number of nitrogens with one attached hydrogen (secondary N) is 1. The lowest BCUT2D eigenvalue weighted by atomic mass is 10.2. The molecule has 118 valence electrons. The molecule has 0 unspecified atom stereocenters. The maximum absolute atomic E-state index is 12.2. The number of sulfonamides is 1. The topological polar surface area (TPSA) is 59.1 Å². The molecule has 1 aromatic heterocycles. The Morgan fingerprint density at radius 2 is 1.74 bits per heavy atom. The minimum Gasteiger partial charge on any atom is -0.240 e. The van der Waals surface area contributed by atoms with Gasteiger partial charge in [0.25, 0.3) is 0 Å². The molecule has 0 spiro atoms. The van der Waals surface area contributed by atoms with Crippen molar-refractivity contribution in [3.05, 3.63) is 70.7 Å². The average Bonchev–Trinajstić information content (AvgIpc) is 3.03. The number of nitrogens with zero attached hydrogens (tertiary/aromatic N) is 1. The molecule has 0 aliphatic heterocycles. The van der Waals surface area contributed by atoms with E-state index in [0.717, 1.165) is 10.6 Å². The predicted molar refractivity (Wildman–Crippen MR) is 93.0 cm³/mol. The molecule has 1 heterocycles. The van der Waals surface area contributed by atoms with Crippen LogP contribution in [0.4, 0.5) is 0 Å². The Balaban J connectivity index is 1.71. The highest BCUT2D eigenvalue weighted by Crippen LogP contribution is 2.23. The van der Waals surface area contributed by atoms with Crippen molar-refractivity contribution in [2.45, 2.75) is 11.4 Å². The Labute approximate surface area is 143 Å². The van der Waals surface area contributed by atoms with Crippen molar-refractivity contribution in [1.82, 2.24) is 9.71 Å². The van der Waals surface area contributed by atoms with Crippen LogP contribution in [-0.4, -0.2) is 13.4 Å². The van der Waals surface area contributed by atoms with E-state index < -0.39 is 10.0 Å². The zero-order valence-electron chi connectivity index (χ0n) is 11.9. The Hall–Kier alpha value is -1.73. The molecule has 0 saturated heterocycles. The predicted octanol–water partition coefficient (Wildman–Crippen LogP) is 3.94. The fraction of sp³-hybridized carbons (Fsp3) is 0.0625. The third-order valence-electron chi connectivity index (χ3n) is 3.14. The van der Waals surface area contributed by atoms with E-state index in [4.69, 9.17) is 11.6 Å². The number of halogens is 1. The first-order valence-corrected chi connectivity index (χ1v) is 9.54. The van der Waals surface area contributed by atoms with Gasteiger partial charge in [-0.1, -0.05) is 41.9 Å². The molecule has 3 rings (SSSR count). The summed E-state index contributed by atoms with van der Waals surface area (Å²) >= 11 is 7.26. The van der Waals surface area contributed by atoms with Gasteiger partial charge >= 0.3 is 0 Å². The molecule has 4 nitrogen and oxygen atoms in total. The van der Waals surface area contributed by atoms with Crippen molar-refractivity contribution < 1.29 is 8.42 Å². The molecule has 7 heteroatoms. The monoisotopic (exact) mass is 364 g/mol. The van der Waals surface area contributed by atoms with Gasteiger partial charge in [-0.05, 0) is 24.3 Å². The van der Waals surface area contributed by atoms with Crippen LogP contribution in [0.3, 0.4) is 0 Å². The van der Waals surface area contributed by atoms with Crippen molar-refractivity contribution in [2.75, 3.05) is 0 Å². The number of aromatic nitrogens is 1. The quantitative estimate of drug-likeness (QED) is 0.745. The second-order valence-corrected chi connectivity index (χ2v) is 7.85. The highest BCUT2D eigenvalue weighted by molar-refractivity contribution is 7.89. The van der Waals surface area contributed by atoms with Crippen LogP contribution in [-0.2, 0) is 16.6 Å². The lowest BCUT2D eigenvalue weighted by Gasteiger charge is -2.05. The van der Waals surface area contributed by atoms with Crippen molar-refractivity contribution in [3.63, 3.8) is 0 Å². The number of benzene rings is 2. The molecule has 0 saturated carbocycles. The zero-order chi connectivity index (χ0) is 16.3. The summed E-state index contributed by atoms with van der Waals surface area (Å²) in [5.41, 5.74) is 1.70. The Morgan fingerprint density at radius 1 is 1.04 bits per heavy atom. The van der Waals surface area contributed by atoms with Crippen molar-refractivity contribution in [3.8, 4) is 10.6 Å². The Bertz CT molecular complexity index is 891. The maximum atomic E-state index is 12.2. The lowest BCUT2D eigenvalue weighted by Crippen LogP contribution is -2.23. The summed E-state index contributed by atoms with van der Waals surface area (Å²) in [4.78, 5) is 4.64. The van der Waals surface area contributed by atoms with Crippen LogP contribution in [0.15, 0.2) is 64.9 Å². The second kappa shape index (κ2) is 6.80. The van der Waals surface area contributed by atoms with Gasteiger partial charge in [0.05, 0.1) is 17.1 Å². The molecule has 0 atom stereocenters. The van der Waals surface area contributed by atoms with E-state index in [0.29, 0.717) is 10.7 Å². The molecular formula is C16H13ClN2O2S2. The van der Waals surface area contributed by atoms with Gasteiger partial charge in [-0.15, -0.1) is 11.3 Å². The number of hydrogen-bond acceptors (Lipinski definition) is 4. The molecule has 3 aromatic rings. The first kappa shape index (κ1) is 16.1. The SMILES string of the molecule is O=S(=O)(NCc1csc(-c2ccccc2)n1)c1ccc(Cl)cc1. The highest BCUT2D eigenvalue weighted by Gasteiger charge is 2.14. The minimum atomic E-state index is -3.57. The van der Waals surface area contributed by atoms with Crippen molar-refractivity contribution >= 4 is 33.0 Å². The normalized spacial score (nSPS) is 11.5. The molecule has 23 heavy (non-hydrogen) atoms. The summed E-state index contributed by atoms with van der Waals surface area (Å²) in [6.45, 7) is 0.147. The van der Waals surface area contributed by atoms with Gasteiger partial charge < -0.3 is 0 Å². The average molecular weight is 365 g/mol. The lowest BCUT2D eigenvalue weighted by molar-refractivity contribution is 0.580. The van der Waals surface area contributed by atoms with Gasteiger partial charge in [-0.3, -0.25) is 0 Å². The Morgan fingerprint density at radius 3 is 2.43 bits per heavy atom. The summed E-state index contributed by atoms with van der Waals surface area (Å²) in [6.07, 6.45) is 0. The molecule has 0 bridgehead atoms. The summed E-state index contributed by atoms with van der Waals surface area (Å²) in [7, 11) is -3.57. The highest BCUT2D eigenvalue weighted by atomic mass is 35.5. The van der Waals surface area contributed by atoms with Gasteiger partial charge in [-0.25, -0.2) is 18.1 Å². The number of rotatable bonds is 5. The van der Waals surface area contributed by atoms with Crippen LogP contribution in [0.25, 0.3) is 10.6 Å². The molecular weight excluding hydrogens is 352 g/mol. The first-order chi connectivity index (χ1) is 11.0. The van der Waals surface area contributed by atoms with Gasteiger partial charge in [0.1, 0.15) is 5.01 Å². The van der Waals surface area contributed by atoms with Crippen LogP contribution >= 0.6 is 22.9 Å². The van der Waals surface area contributed by atoms with E-state index >= 15 is 0 Å². The molecule has 2 aromatic carbocycles. The van der Waals surface area contributed by atoms with Crippen LogP contribution in [0.1, 0.15) is 5.69 Å². The van der Waals surface area contributed by atoms with Gasteiger partial charge in [-0.2, -0.15) is 0 Å².